The number of hydrogen-bond donors (Lipinski definition) is 1. The number of methoxy groups -OCH3 is 1. The number of ether oxygens (including phenoxy) is 1. The third-order valence-corrected chi connectivity index (χ3v) is 4.70. The van der Waals surface area contributed by atoms with Crippen molar-refractivity contribution in [1.29, 1.82) is 0 Å². The Hall–Kier alpha value is -2.66. The minimum absolute atomic E-state index is 0.141. The first-order chi connectivity index (χ1) is 12.1. The molecule has 0 bridgehead atoms. The van der Waals surface area contributed by atoms with Gasteiger partial charge in [-0.2, -0.15) is 0 Å². The number of likely N-dealkylation sites (tertiary alicyclic amines) is 1. The summed E-state index contributed by atoms with van der Waals surface area (Å²) in [7, 11) is 1.59. The van der Waals surface area contributed by atoms with Gasteiger partial charge in [0.15, 0.2) is 0 Å². The lowest BCUT2D eigenvalue weighted by atomic mass is 9.89. The molecule has 2 atom stereocenters. The number of carbonyl (C=O) groups is 2. The number of amides is 1. The van der Waals surface area contributed by atoms with Crippen molar-refractivity contribution in [2.24, 2.45) is 5.92 Å². The number of hydrogen-bond acceptors (Lipinski definition) is 3. The summed E-state index contributed by atoms with van der Waals surface area (Å²) in [5, 5.41) is 9.60. The quantitative estimate of drug-likeness (QED) is 0.910. The Kier molecular flexibility index (Phi) is 5.14. The number of aliphatic carboxylic acids is 1. The summed E-state index contributed by atoms with van der Waals surface area (Å²) in [5.41, 5.74) is 2.34. The molecule has 1 saturated heterocycles. The molecule has 1 aliphatic rings. The zero-order valence-electron chi connectivity index (χ0n) is 14.1. The van der Waals surface area contributed by atoms with Gasteiger partial charge in [-0.15, -0.1) is 0 Å². The van der Waals surface area contributed by atoms with Gasteiger partial charge in [-0.3, -0.25) is 9.59 Å². The van der Waals surface area contributed by atoms with Gasteiger partial charge in [-0.05, 0) is 17.2 Å². The van der Waals surface area contributed by atoms with Crippen LogP contribution in [-0.4, -0.2) is 42.1 Å². The van der Waals surface area contributed by atoms with Gasteiger partial charge >= 0.3 is 5.97 Å². The monoisotopic (exact) mass is 339 g/mol. The van der Waals surface area contributed by atoms with Crippen molar-refractivity contribution in [3.8, 4) is 0 Å². The first-order valence-electron chi connectivity index (χ1n) is 8.25. The molecule has 1 heterocycles. The molecule has 1 aliphatic heterocycles. The van der Waals surface area contributed by atoms with Crippen molar-refractivity contribution in [2.75, 3.05) is 20.2 Å². The molecule has 1 N–H and O–H groups in total. The average molecular weight is 339 g/mol. The maximum atomic E-state index is 13.0. The van der Waals surface area contributed by atoms with E-state index in [2.05, 4.69) is 0 Å². The molecule has 2 aromatic rings. The lowest BCUT2D eigenvalue weighted by molar-refractivity contribution is -0.141. The van der Waals surface area contributed by atoms with Gasteiger partial charge in [0.2, 0.25) is 0 Å². The molecule has 1 fully saturated rings. The van der Waals surface area contributed by atoms with Crippen LogP contribution in [0.15, 0.2) is 54.6 Å². The molecule has 130 valence electrons. The van der Waals surface area contributed by atoms with Crippen molar-refractivity contribution in [2.45, 2.75) is 12.5 Å². The summed E-state index contributed by atoms with van der Waals surface area (Å²) in [6.07, 6.45) is 0. The van der Waals surface area contributed by atoms with E-state index in [0.29, 0.717) is 18.7 Å². The van der Waals surface area contributed by atoms with Gasteiger partial charge in [-0.25, -0.2) is 0 Å². The Morgan fingerprint density at radius 1 is 1.08 bits per heavy atom. The second-order valence-electron chi connectivity index (χ2n) is 6.26. The molecule has 5 nitrogen and oxygen atoms in total. The summed E-state index contributed by atoms with van der Waals surface area (Å²) in [6, 6.07) is 16.8. The van der Waals surface area contributed by atoms with Crippen LogP contribution in [0.25, 0.3) is 0 Å². The number of nitrogens with zero attached hydrogens (tertiary/aromatic N) is 1. The van der Waals surface area contributed by atoms with Crippen LogP contribution < -0.4 is 0 Å². The highest BCUT2D eigenvalue weighted by molar-refractivity contribution is 5.96. The fourth-order valence-corrected chi connectivity index (χ4v) is 3.44. The largest absolute Gasteiger partial charge is 0.481 e. The topological polar surface area (TPSA) is 66.8 Å². The smallest absolute Gasteiger partial charge is 0.308 e. The van der Waals surface area contributed by atoms with E-state index >= 15 is 0 Å². The molecule has 0 radical (unpaired) electrons. The molecule has 3 rings (SSSR count). The number of carboxylic acids is 1. The van der Waals surface area contributed by atoms with Crippen LogP contribution in [0.3, 0.4) is 0 Å². The highest BCUT2D eigenvalue weighted by Gasteiger charge is 2.40. The zero-order chi connectivity index (χ0) is 17.8. The first-order valence-corrected chi connectivity index (χ1v) is 8.25. The summed E-state index contributed by atoms with van der Waals surface area (Å²) >= 11 is 0. The lowest BCUT2D eigenvalue weighted by Crippen LogP contribution is -2.30. The van der Waals surface area contributed by atoms with Crippen LogP contribution in [0.2, 0.25) is 0 Å². The minimum Gasteiger partial charge on any atom is -0.481 e. The molecule has 5 heteroatoms. The highest BCUT2D eigenvalue weighted by atomic mass is 16.5. The normalized spacial score (nSPS) is 19.8. The molecule has 0 spiro atoms. The molecule has 0 aliphatic carbocycles. The van der Waals surface area contributed by atoms with E-state index < -0.39 is 11.9 Å². The fraction of sp³-hybridized carbons (Fsp3) is 0.300. The van der Waals surface area contributed by atoms with Crippen molar-refractivity contribution >= 4 is 11.9 Å². The van der Waals surface area contributed by atoms with Crippen LogP contribution >= 0.6 is 0 Å². The van der Waals surface area contributed by atoms with Crippen LogP contribution in [0, 0.1) is 5.92 Å². The zero-order valence-corrected chi connectivity index (χ0v) is 14.1. The molecular weight excluding hydrogens is 318 g/mol. The third kappa shape index (κ3) is 3.56. The van der Waals surface area contributed by atoms with E-state index in [4.69, 9.17) is 4.74 Å². The van der Waals surface area contributed by atoms with Gasteiger partial charge in [0.1, 0.15) is 0 Å². The summed E-state index contributed by atoms with van der Waals surface area (Å²) < 4.78 is 5.17. The van der Waals surface area contributed by atoms with Crippen molar-refractivity contribution in [3.05, 3.63) is 71.3 Å². The van der Waals surface area contributed by atoms with Crippen molar-refractivity contribution in [1.82, 2.24) is 4.90 Å². The standard InChI is InChI=1S/C20H21NO4/c1-25-13-15-9-5-6-10-16(15)19(22)21-11-17(18(12-21)20(23)24)14-7-3-2-4-8-14/h2-10,17-18H,11-13H2,1H3,(H,23,24)/t17-,18-/m0/s1. The van der Waals surface area contributed by atoms with Gasteiger partial charge in [0.25, 0.3) is 5.91 Å². The van der Waals surface area contributed by atoms with Crippen LogP contribution in [-0.2, 0) is 16.1 Å². The lowest BCUT2D eigenvalue weighted by Gasteiger charge is -2.18. The van der Waals surface area contributed by atoms with Crippen molar-refractivity contribution in [3.63, 3.8) is 0 Å². The molecule has 0 unspecified atom stereocenters. The van der Waals surface area contributed by atoms with Crippen LogP contribution in [0.1, 0.15) is 27.4 Å². The molecule has 2 aromatic carbocycles. The SMILES string of the molecule is COCc1ccccc1C(=O)N1C[C@H](C(=O)O)[C@H](c2ccccc2)C1. The molecule has 25 heavy (non-hydrogen) atoms. The molecule has 0 aromatic heterocycles. The number of carbonyl (C=O) groups excluding carboxylic acids is 1. The second kappa shape index (κ2) is 7.49. The second-order valence-corrected chi connectivity index (χ2v) is 6.26. The Balaban J connectivity index is 1.87. The van der Waals surface area contributed by atoms with E-state index in [1.54, 1.807) is 18.1 Å². The summed E-state index contributed by atoms with van der Waals surface area (Å²) in [6.45, 7) is 0.969. The van der Waals surface area contributed by atoms with Gasteiger partial charge in [-0.1, -0.05) is 48.5 Å². The van der Waals surface area contributed by atoms with Gasteiger partial charge in [0.05, 0.1) is 12.5 Å². The molecule has 1 amide bonds. The van der Waals surface area contributed by atoms with Crippen molar-refractivity contribution < 1.29 is 19.4 Å². The van der Waals surface area contributed by atoms with E-state index in [-0.39, 0.29) is 18.4 Å². The molecular formula is C20H21NO4. The summed E-state index contributed by atoms with van der Waals surface area (Å²) in [5.74, 6) is -1.80. The minimum atomic E-state index is -0.866. The Labute approximate surface area is 146 Å². The summed E-state index contributed by atoms with van der Waals surface area (Å²) in [4.78, 5) is 26.3. The molecule has 0 saturated carbocycles. The van der Waals surface area contributed by atoms with E-state index in [9.17, 15) is 14.7 Å². The van der Waals surface area contributed by atoms with E-state index in [0.717, 1.165) is 11.1 Å². The van der Waals surface area contributed by atoms with E-state index in [1.165, 1.54) is 0 Å². The Morgan fingerprint density at radius 2 is 1.76 bits per heavy atom. The van der Waals surface area contributed by atoms with Gasteiger partial charge < -0.3 is 14.7 Å². The maximum Gasteiger partial charge on any atom is 0.308 e. The number of benzene rings is 2. The average Bonchev–Trinajstić information content (AvgIpc) is 3.08. The van der Waals surface area contributed by atoms with E-state index in [1.807, 2.05) is 48.5 Å². The van der Waals surface area contributed by atoms with Gasteiger partial charge in [0, 0.05) is 31.7 Å². The Morgan fingerprint density at radius 3 is 2.44 bits per heavy atom. The maximum absolute atomic E-state index is 13.0. The van der Waals surface area contributed by atoms with Crippen LogP contribution in [0.4, 0.5) is 0 Å². The predicted molar refractivity (Wildman–Crippen MR) is 93.4 cm³/mol. The first kappa shape index (κ1) is 17.2. The number of carboxylic acid groups (broad SMARTS) is 1. The third-order valence-electron chi connectivity index (χ3n) is 4.70. The number of rotatable bonds is 5. The van der Waals surface area contributed by atoms with Crippen LogP contribution in [0.5, 0.6) is 0 Å². The highest BCUT2D eigenvalue weighted by Crippen LogP contribution is 2.34. The predicted octanol–water partition coefficient (Wildman–Crippen LogP) is 2.77. The fourth-order valence-electron chi connectivity index (χ4n) is 3.44. The Bertz CT molecular complexity index is 759.